The molecule has 2 heterocycles. The highest BCUT2D eigenvalue weighted by Gasteiger charge is 2.26. The summed E-state index contributed by atoms with van der Waals surface area (Å²) in [7, 11) is 1.69. The molecule has 2 aromatic rings. The summed E-state index contributed by atoms with van der Waals surface area (Å²) in [5.41, 5.74) is 0.690. The third kappa shape index (κ3) is 3.28. The molecule has 1 atom stereocenters. The first-order valence-corrected chi connectivity index (χ1v) is 7.93. The maximum absolute atomic E-state index is 12.3. The van der Waals surface area contributed by atoms with Crippen LogP contribution >= 0.6 is 22.9 Å². The molecule has 2 N–H and O–H groups in total. The van der Waals surface area contributed by atoms with Crippen LogP contribution in [-0.2, 0) is 19.1 Å². The van der Waals surface area contributed by atoms with Gasteiger partial charge in [-0.2, -0.15) is 16.4 Å². The molecule has 2 rings (SSSR count). The number of carbonyl (C=O) groups is 1. The molecule has 7 heteroatoms. The standard InChI is InChI=1S/C14H18ClN3O2S/c1-4-10-11(12(15)18(3)17-10)13(19)16-8-14(2,20)9-5-6-21-7-9/h5-7,20H,4,8H2,1-3H3,(H,16,19). The minimum Gasteiger partial charge on any atom is -0.384 e. The lowest BCUT2D eigenvalue weighted by Gasteiger charge is -2.22. The fraction of sp³-hybridized carbons (Fsp3) is 0.429. The fourth-order valence-electron chi connectivity index (χ4n) is 2.04. The van der Waals surface area contributed by atoms with E-state index in [9.17, 15) is 9.90 Å². The topological polar surface area (TPSA) is 67.2 Å². The number of amides is 1. The highest BCUT2D eigenvalue weighted by Crippen LogP contribution is 2.23. The Labute approximate surface area is 132 Å². The van der Waals surface area contributed by atoms with Crippen LogP contribution < -0.4 is 5.32 Å². The van der Waals surface area contributed by atoms with Crippen molar-refractivity contribution in [3.05, 3.63) is 38.8 Å². The van der Waals surface area contributed by atoms with Crippen LogP contribution in [0.15, 0.2) is 16.8 Å². The largest absolute Gasteiger partial charge is 0.384 e. The molecule has 114 valence electrons. The van der Waals surface area contributed by atoms with Crippen LogP contribution in [0.3, 0.4) is 0 Å². The van der Waals surface area contributed by atoms with Crippen LogP contribution in [0.5, 0.6) is 0 Å². The van der Waals surface area contributed by atoms with Gasteiger partial charge in [0, 0.05) is 7.05 Å². The van der Waals surface area contributed by atoms with Gasteiger partial charge in [0.05, 0.1) is 17.8 Å². The predicted octanol–water partition coefficient (Wildman–Crippen LogP) is 2.33. The number of halogens is 1. The van der Waals surface area contributed by atoms with Crippen molar-refractivity contribution >= 4 is 28.8 Å². The average Bonchev–Trinajstić information content (AvgIpc) is 3.06. The first-order chi connectivity index (χ1) is 9.86. The normalized spacial score (nSPS) is 14.0. The molecule has 21 heavy (non-hydrogen) atoms. The lowest BCUT2D eigenvalue weighted by molar-refractivity contribution is 0.0530. The van der Waals surface area contributed by atoms with Crippen molar-refractivity contribution in [2.45, 2.75) is 25.9 Å². The van der Waals surface area contributed by atoms with Crippen molar-refractivity contribution in [1.82, 2.24) is 15.1 Å². The van der Waals surface area contributed by atoms with E-state index in [2.05, 4.69) is 10.4 Å². The first kappa shape index (κ1) is 16.0. The van der Waals surface area contributed by atoms with E-state index in [1.165, 1.54) is 16.0 Å². The molecule has 0 radical (unpaired) electrons. The number of nitrogens with one attached hydrogen (secondary N) is 1. The van der Waals surface area contributed by atoms with Crippen LogP contribution in [-0.4, -0.2) is 27.3 Å². The van der Waals surface area contributed by atoms with Crippen LogP contribution in [0.4, 0.5) is 0 Å². The number of aliphatic hydroxyl groups is 1. The molecule has 5 nitrogen and oxygen atoms in total. The summed E-state index contributed by atoms with van der Waals surface area (Å²) < 4.78 is 1.48. The summed E-state index contributed by atoms with van der Waals surface area (Å²) in [6.07, 6.45) is 0.615. The zero-order valence-electron chi connectivity index (χ0n) is 12.2. The minimum atomic E-state index is -1.11. The molecule has 0 aromatic carbocycles. The van der Waals surface area contributed by atoms with E-state index >= 15 is 0 Å². The fourth-order valence-corrected chi connectivity index (χ4v) is 3.06. The summed E-state index contributed by atoms with van der Waals surface area (Å²) in [6, 6.07) is 1.84. The van der Waals surface area contributed by atoms with Gasteiger partial charge < -0.3 is 10.4 Å². The molecule has 0 aliphatic heterocycles. The lowest BCUT2D eigenvalue weighted by atomic mass is 9.99. The van der Waals surface area contributed by atoms with Gasteiger partial charge in [0.15, 0.2) is 0 Å². The van der Waals surface area contributed by atoms with Crippen molar-refractivity contribution in [1.29, 1.82) is 0 Å². The molecule has 2 aromatic heterocycles. The van der Waals surface area contributed by atoms with Gasteiger partial charge in [0.1, 0.15) is 10.8 Å². The van der Waals surface area contributed by atoms with Gasteiger partial charge in [-0.3, -0.25) is 9.48 Å². The summed E-state index contributed by atoms with van der Waals surface area (Å²) in [5.74, 6) is -0.319. The van der Waals surface area contributed by atoms with Gasteiger partial charge in [-0.15, -0.1) is 0 Å². The minimum absolute atomic E-state index is 0.108. The number of aryl methyl sites for hydroxylation is 2. The summed E-state index contributed by atoms with van der Waals surface area (Å²) in [6.45, 7) is 3.69. The smallest absolute Gasteiger partial charge is 0.256 e. The third-order valence-corrected chi connectivity index (χ3v) is 4.46. The zero-order chi connectivity index (χ0) is 15.6. The Bertz CT molecular complexity index is 635. The number of rotatable bonds is 5. The monoisotopic (exact) mass is 327 g/mol. The quantitative estimate of drug-likeness (QED) is 0.885. The Kier molecular flexibility index (Phi) is 4.70. The molecule has 0 fully saturated rings. The number of hydrogen-bond acceptors (Lipinski definition) is 4. The highest BCUT2D eigenvalue weighted by atomic mass is 35.5. The number of nitrogens with zero attached hydrogens (tertiary/aromatic N) is 2. The molecule has 1 unspecified atom stereocenters. The number of carbonyl (C=O) groups excluding carboxylic acids is 1. The molecular weight excluding hydrogens is 310 g/mol. The third-order valence-electron chi connectivity index (χ3n) is 3.35. The molecule has 0 spiro atoms. The van der Waals surface area contributed by atoms with E-state index < -0.39 is 5.60 Å². The Morgan fingerprint density at radius 1 is 1.62 bits per heavy atom. The van der Waals surface area contributed by atoms with Gasteiger partial charge in [-0.05, 0) is 35.7 Å². The lowest BCUT2D eigenvalue weighted by Crippen LogP contribution is -2.38. The van der Waals surface area contributed by atoms with Gasteiger partial charge in [0.2, 0.25) is 0 Å². The summed E-state index contributed by atoms with van der Waals surface area (Å²) in [5, 5.41) is 21.4. The molecule has 0 saturated carbocycles. The van der Waals surface area contributed by atoms with E-state index in [-0.39, 0.29) is 12.5 Å². The number of aromatic nitrogens is 2. The molecule has 0 bridgehead atoms. The van der Waals surface area contributed by atoms with Crippen LogP contribution in [0.2, 0.25) is 5.15 Å². The highest BCUT2D eigenvalue weighted by molar-refractivity contribution is 7.08. The van der Waals surface area contributed by atoms with E-state index in [0.29, 0.717) is 22.8 Å². The second-order valence-electron chi connectivity index (χ2n) is 5.06. The van der Waals surface area contributed by atoms with E-state index in [0.717, 1.165) is 5.56 Å². The van der Waals surface area contributed by atoms with Crippen molar-refractivity contribution in [3.8, 4) is 0 Å². The van der Waals surface area contributed by atoms with Crippen molar-refractivity contribution in [3.63, 3.8) is 0 Å². The first-order valence-electron chi connectivity index (χ1n) is 6.61. The molecule has 0 aliphatic carbocycles. The van der Waals surface area contributed by atoms with Crippen LogP contribution in [0, 0.1) is 0 Å². The van der Waals surface area contributed by atoms with Gasteiger partial charge in [-0.25, -0.2) is 0 Å². The average molecular weight is 328 g/mol. The van der Waals surface area contributed by atoms with Crippen molar-refractivity contribution in [2.24, 2.45) is 7.05 Å². The van der Waals surface area contributed by atoms with E-state index in [1.807, 2.05) is 23.8 Å². The van der Waals surface area contributed by atoms with Crippen LogP contribution in [0.1, 0.15) is 35.5 Å². The second-order valence-corrected chi connectivity index (χ2v) is 6.20. The van der Waals surface area contributed by atoms with Crippen molar-refractivity contribution in [2.75, 3.05) is 6.54 Å². The maximum atomic E-state index is 12.3. The van der Waals surface area contributed by atoms with Gasteiger partial charge in [-0.1, -0.05) is 18.5 Å². The Balaban J connectivity index is 2.12. The Morgan fingerprint density at radius 3 is 2.90 bits per heavy atom. The molecule has 0 saturated heterocycles. The molecule has 0 aliphatic rings. The Hall–Kier alpha value is -1.37. The van der Waals surface area contributed by atoms with Gasteiger partial charge >= 0.3 is 0 Å². The van der Waals surface area contributed by atoms with Gasteiger partial charge in [0.25, 0.3) is 5.91 Å². The number of hydrogen-bond donors (Lipinski definition) is 2. The van der Waals surface area contributed by atoms with Crippen LogP contribution in [0.25, 0.3) is 0 Å². The summed E-state index contributed by atoms with van der Waals surface area (Å²) >= 11 is 7.62. The Morgan fingerprint density at radius 2 is 2.33 bits per heavy atom. The zero-order valence-corrected chi connectivity index (χ0v) is 13.8. The van der Waals surface area contributed by atoms with E-state index in [1.54, 1.807) is 14.0 Å². The second kappa shape index (κ2) is 6.17. The van der Waals surface area contributed by atoms with E-state index in [4.69, 9.17) is 11.6 Å². The number of thiophene rings is 1. The maximum Gasteiger partial charge on any atom is 0.256 e. The summed E-state index contributed by atoms with van der Waals surface area (Å²) in [4.78, 5) is 12.3. The molecular formula is C14H18ClN3O2S. The van der Waals surface area contributed by atoms with Crippen molar-refractivity contribution < 1.29 is 9.90 Å². The SMILES string of the molecule is CCc1nn(C)c(Cl)c1C(=O)NCC(C)(O)c1ccsc1. The predicted molar refractivity (Wildman–Crippen MR) is 83.8 cm³/mol. The molecule has 1 amide bonds.